The number of quaternary nitrogens is 1. The minimum Gasteiger partial charge on any atom is -0.477 e. The van der Waals surface area contributed by atoms with Gasteiger partial charge in [0.2, 0.25) is 0 Å². The van der Waals surface area contributed by atoms with Gasteiger partial charge in [-0.3, -0.25) is 9.59 Å². The van der Waals surface area contributed by atoms with E-state index in [0.717, 1.165) is 38.5 Å². The Morgan fingerprint density at radius 3 is 1.19 bits per heavy atom. The summed E-state index contributed by atoms with van der Waals surface area (Å²) in [4.78, 5) is 37.1. The van der Waals surface area contributed by atoms with Gasteiger partial charge in [-0.15, -0.1) is 0 Å². The fraction of sp³-hybridized carbons (Fsp3) is 0.906. The lowest BCUT2D eigenvalue weighted by Gasteiger charge is -2.25. The standard InChI is InChI=1S/C53H101NO8/c1-6-8-10-12-14-16-18-19-20-21-22-23-24-25-26-27-28-29-30-31-32-33-34-36-38-40-42-44-51(56)62-49(48-61-53(52(57)58)59-46-45-54(3,4)5)47-60-50(55)43-41-39-37-35-17-15-13-11-9-7-2/h21-22,49,53H,6-20,23-48H2,1-5H3/p+1/b22-21-. The van der Waals surface area contributed by atoms with Gasteiger partial charge in [-0.05, 0) is 38.5 Å². The van der Waals surface area contributed by atoms with Gasteiger partial charge in [0.1, 0.15) is 13.2 Å². The van der Waals surface area contributed by atoms with Gasteiger partial charge >= 0.3 is 17.9 Å². The largest absolute Gasteiger partial charge is 0.477 e. The van der Waals surface area contributed by atoms with E-state index in [-0.39, 0.29) is 38.2 Å². The summed E-state index contributed by atoms with van der Waals surface area (Å²) in [6.07, 6.45) is 47.2. The summed E-state index contributed by atoms with van der Waals surface area (Å²) in [5.74, 6) is -1.99. The zero-order valence-corrected chi connectivity index (χ0v) is 41.6. The summed E-state index contributed by atoms with van der Waals surface area (Å²) in [6.45, 7) is 4.89. The van der Waals surface area contributed by atoms with Crippen LogP contribution in [0.25, 0.3) is 0 Å². The molecular weight excluding hydrogens is 779 g/mol. The normalized spacial score (nSPS) is 12.9. The van der Waals surface area contributed by atoms with Crippen LogP contribution < -0.4 is 0 Å². The molecule has 0 saturated carbocycles. The summed E-state index contributed by atoms with van der Waals surface area (Å²) >= 11 is 0. The van der Waals surface area contributed by atoms with Gasteiger partial charge in [-0.2, -0.15) is 0 Å². The average molecular weight is 881 g/mol. The summed E-state index contributed by atoms with van der Waals surface area (Å²) in [6, 6.07) is 0. The second kappa shape index (κ2) is 45.6. The minimum absolute atomic E-state index is 0.176. The van der Waals surface area contributed by atoms with E-state index in [9.17, 15) is 19.5 Å². The van der Waals surface area contributed by atoms with Crippen molar-refractivity contribution in [3.05, 3.63) is 12.2 Å². The van der Waals surface area contributed by atoms with E-state index in [1.54, 1.807) is 0 Å². The predicted molar refractivity (Wildman–Crippen MR) is 258 cm³/mol. The highest BCUT2D eigenvalue weighted by Gasteiger charge is 2.25. The third kappa shape index (κ3) is 46.0. The number of likely N-dealkylation sites (N-methyl/N-ethyl adjacent to an activating group) is 1. The van der Waals surface area contributed by atoms with Crippen LogP contribution in [0.3, 0.4) is 0 Å². The number of aliphatic carboxylic acids is 1. The molecule has 0 spiro atoms. The summed E-state index contributed by atoms with van der Waals surface area (Å²) in [5.41, 5.74) is 0. The second-order valence-electron chi connectivity index (χ2n) is 19.2. The van der Waals surface area contributed by atoms with Crippen molar-refractivity contribution in [2.45, 2.75) is 264 Å². The first-order valence-corrected chi connectivity index (χ1v) is 26.4. The fourth-order valence-corrected chi connectivity index (χ4v) is 7.66. The van der Waals surface area contributed by atoms with Crippen molar-refractivity contribution in [2.75, 3.05) is 47.5 Å². The molecule has 9 heteroatoms. The Bertz CT molecular complexity index is 1030. The Kier molecular flexibility index (Phi) is 44.1. The number of allylic oxidation sites excluding steroid dienone is 2. The lowest BCUT2D eigenvalue weighted by Crippen LogP contribution is -2.40. The Morgan fingerprint density at radius 1 is 0.468 bits per heavy atom. The predicted octanol–water partition coefficient (Wildman–Crippen LogP) is 14.6. The van der Waals surface area contributed by atoms with E-state index in [1.165, 1.54) is 186 Å². The quantitative estimate of drug-likeness (QED) is 0.0212. The maximum Gasteiger partial charge on any atom is 0.361 e. The number of carbonyl (C=O) groups is 3. The number of ether oxygens (including phenoxy) is 4. The summed E-state index contributed by atoms with van der Waals surface area (Å²) in [7, 11) is 5.97. The van der Waals surface area contributed by atoms with Gasteiger partial charge < -0.3 is 28.5 Å². The van der Waals surface area contributed by atoms with Gasteiger partial charge in [0, 0.05) is 12.8 Å². The highest BCUT2D eigenvalue weighted by atomic mass is 16.7. The van der Waals surface area contributed by atoms with Crippen LogP contribution in [0.5, 0.6) is 0 Å². The van der Waals surface area contributed by atoms with Gasteiger partial charge in [0.25, 0.3) is 6.29 Å². The molecule has 0 aromatic carbocycles. The molecule has 0 fully saturated rings. The molecule has 1 N–H and O–H groups in total. The topological polar surface area (TPSA) is 108 Å². The summed E-state index contributed by atoms with van der Waals surface area (Å²) < 4.78 is 22.8. The molecule has 9 nitrogen and oxygen atoms in total. The van der Waals surface area contributed by atoms with Crippen molar-refractivity contribution in [3.8, 4) is 0 Å². The number of carbonyl (C=O) groups excluding carboxylic acids is 2. The van der Waals surface area contributed by atoms with Crippen LogP contribution in [-0.4, -0.2) is 87.4 Å². The van der Waals surface area contributed by atoms with E-state index in [4.69, 9.17) is 18.9 Å². The molecule has 2 atom stereocenters. The molecule has 0 aromatic heterocycles. The number of esters is 2. The Labute approximate surface area is 383 Å². The van der Waals surface area contributed by atoms with Crippen LogP contribution in [-0.2, 0) is 33.3 Å². The van der Waals surface area contributed by atoms with E-state index in [0.29, 0.717) is 17.4 Å². The number of nitrogens with zero attached hydrogens (tertiary/aromatic N) is 1. The molecule has 0 bridgehead atoms. The Morgan fingerprint density at radius 2 is 0.823 bits per heavy atom. The van der Waals surface area contributed by atoms with Crippen LogP contribution in [0.15, 0.2) is 12.2 Å². The SMILES string of the molecule is CCCCCCCCCC/C=C\CCCCCCCCCCCCCCCCCC(=O)OC(COC(=O)CCCCCCCCCCCC)COC(OCC[N+](C)(C)C)C(=O)O. The summed E-state index contributed by atoms with van der Waals surface area (Å²) in [5, 5.41) is 9.65. The number of carboxylic acid groups (broad SMARTS) is 1. The van der Waals surface area contributed by atoms with Crippen LogP contribution in [0.4, 0.5) is 0 Å². The van der Waals surface area contributed by atoms with Crippen molar-refractivity contribution in [1.82, 2.24) is 0 Å². The molecule has 0 saturated heterocycles. The maximum absolute atomic E-state index is 12.8. The molecule has 0 aliphatic carbocycles. The molecule has 0 rings (SSSR count). The zero-order valence-electron chi connectivity index (χ0n) is 41.6. The number of carboxylic acids is 1. The van der Waals surface area contributed by atoms with Gasteiger partial charge in [0.15, 0.2) is 6.10 Å². The van der Waals surface area contributed by atoms with Crippen LogP contribution in [0.1, 0.15) is 251 Å². The molecule has 0 radical (unpaired) electrons. The van der Waals surface area contributed by atoms with Crippen molar-refractivity contribution >= 4 is 17.9 Å². The third-order valence-electron chi connectivity index (χ3n) is 11.8. The monoisotopic (exact) mass is 881 g/mol. The minimum atomic E-state index is -1.50. The van der Waals surface area contributed by atoms with Gasteiger partial charge in [-0.1, -0.05) is 212 Å². The molecular formula is C53H102NO8+. The number of hydrogen-bond donors (Lipinski definition) is 1. The van der Waals surface area contributed by atoms with E-state index >= 15 is 0 Å². The van der Waals surface area contributed by atoms with Gasteiger partial charge in [0.05, 0.1) is 34.4 Å². The number of unbranched alkanes of at least 4 members (excludes halogenated alkanes) is 32. The molecule has 0 aromatic rings. The Balaban J connectivity index is 4.12. The van der Waals surface area contributed by atoms with Crippen molar-refractivity contribution in [1.29, 1.82) is 0 Å². The van der Waals surface area contributed by atoms with E-state index < -0.39 is 18.4 Å². The lowest BCUT2D eigenvalue weighted by atomic mass is 10.0. The van der Waals surface area contributed by atoms with E-state index in [1.807, 2.05) is 21.1 Å². The molecule has 0 heterocycles. The first-order valence-electron chi connectivity index (χ1n) is 26.4. The number of rotatable bonds is 49. The lowest BCUT2D eigenvalue weighted by molar-refractivity contribution is -0.870. The first kappa shape index (κ1) is 60.0. The molecule has 0 aliphatic rings. The third-order valence-corrected chi connectivity index (χ3v) is 11.8. The molecule has 0 aliphatic heterocycles. The first-order chi connectivity index (χ1) is 30.1. The smallest absolute Gasteiger partial charge is 0.361 e. The highest BCUT2D eigenvalue weighted by Crippen LogP contribution is 2.16. The van der Waals surface area contributed by atoms with Crippen LogP contribution in [0, 0.1) is 0 Å². The van der Waals surface area contributed by atoms with Crippen molar-refractivity contribution in [3.63, 3.8) is 0 Å². The van der Waals surface area contributed by atoms with Crippen LogP contribution in [0.2, 0.25) is 0 Å². The molecule has 62 heavy (non-hydrogen) atoms. The molecule has 366 valence electrons. The fourth-order valence-electron chi connectivity index (χ4n) is 7.66. The maximum atomic E-state index is 12.8. The molecule has 0 amide bonds. The zero-order chi connectivity index (χ0) is 45.6. The highest BCUT2D eigenvalue weighted by molar-refractivity contribution is 5.71. The van der Waals surface area contributed by atoms with Crippen molar-refractivity contribution in [2.24, 2.45) is 0 Å². The second-order valence-corrected chi connectivity index (χ2v) is 19.2. The Hall–Kier alpha value is -1.97. The average Bonchev–Trinajstić information content (AvgIpc) is 3.23. The molecule has 2 unspecified atom stereocenters. The van der Waals surface area contributed by atoms with Crippen LogP contribution >= 0.6 is 0 Å². The van der Waals surface area contributed by atoms with Gasteiger partial charge in [-0.25, -0.2) is 4.79 Å². The number of hydrogen-bond acceptors (Lipinski definition) is 7. The van der Waals surface area contributed by atoms with E-state index in [2.05, 4.69) is 26.0 Å². The van der Waals surface area contributed by atoms with Crippen molar-refractivity contribution < 1.29 is 42.9 Å².